The molecule has 2 aromatic heterocycles. The van der Waals surface area contributed by atoms with Crippen LogP contribution < -0.4 is 10.3 Å². The third kappa shape index (κ3) is 2.59. The van der Waals surface area contributed by atoms with Gasteiger partial charge in [0.15, 0.2) is 0 Å². The number of benzene rings is 2. The fraction of sp³-hybridized carbons (Fsp3) is 0.150. The van der Waals surface area contributed by atoms with Gasteiger partial charge in [0.1, 0.15) is 11.5 Å². The van der Waals surface area contributed by atoms with Crippen LogP contribution in [0.2, 0.25) is 0 Å². The summed E-state index contributed by atoms with van der Waals surface area (Å²) in [6.45, 7) is 4.11. The largest absolute Gasteiger partial charge is 0.497 e. The van der Waals surface area contributed by atoms with Crippen molar-refractivity contribution < 1.29 is 9.15 Å². The summed E-state index contributed by atoms with van der Waals surface area (Å²) in [6, 6.07) is 16.2. The van der Waals surface area contributed by atoms with E-state index < -0.39 is 0 Å². The van der Waals surface area contributed by atoms with Crippen molar-refractivity contribution in [1.29, 1.82) is 0 Å². The van der Waals surface area contributed by atoms with Crippen molar-refractivity contribution in [1.82, 2.24) is 0 Å². The molecule has 24 heavy (non-hydrogen) atoms. The SMILES string of the molecule is COc1ccc(N=c2cc3c(sc4ccc(C)cc43)c(C)o2)cc1. The second-order valence-corrected chi connectivity index (χ2v) is 6.85. The number of hydrogen-bond donors (Lipinski definition) is 0. The van der Waals surface area contributed by atoms with Gasteiger partial charge in [-0.3, -0.25) is 0 Å². The monoisotopic (exact) mass is 335 g/mol. The van der Waals surface area contributed by atoms with Crippen LogP contribution in [0.1, 0.15) is 11.3 Å². The van der Waals surface area contributed by atoms with Crippen LogP contribution in [0.15, 0.2) is 57.9 Å². The lowest BCUT2D eigenvalue weighted by Crippen LogP contribution is -1.99. The lowest BCUT2D eigenvalue weighted by molar-refractivity contribution is 0.415. The van der Waals surface area contributed by atoms with E-state index >= 15 is 0 Å². The first kappa shape index (κ1) is 15.0. The quantitative estimate of drug-likeness (QED) is 0.484. The Labute approximate surface area is 143 Å². The molecule has 0 fully saturated rings. The minimum atomic E-state index is 0.617. The molecule has 0 unspecified atom stereocenters. The van der Waals surface area contributed by atoms with Gasteiger partial charge in [-0.05, 0) is 50.2 Å². The molecule has 120 valence electrons. The van der Waals surface area contributed by atoms with Crippen molar-refractivity contribution in [2.24, 2.45) is 4.99 Å². The van der Waals surface area contributed by atoms with Crippen LogP contribution in [0.5, 0.6) is 5.75 Å². The number of ether oxygens (including phenoxy) is 1. The van der Waals surface area contributed by atoms with Gasteiger partial charge < -0.3 is 9.15 Å². The van der Waals surface area contributed by atoms with Gasteiger partial charge in [-0.2, -0.15) is 0 Å². The summed E-state index contributed by atoms with van der Waals surface area (Å²) in [7, 11) is 1.66. The van der Waals surface area contributed by atoms with E-state index in [0.717, 1.165) is 17.2 Å². The van der Waals surface area contributed by atoms with Gasteiger partial charge in [0.25, 0.3) is 0 Å². The zero-order valence-electron chi connectivity index (χ0n) is 13.8. The Morgan fingerprint density at radius 3 is 2.50 bits per heavy atom. The van der Waals surface area contributed by atoms with E-state index in [1.807, 2.05) is 37.3 Å². The smallest absolute Gasteiger partial charge is 0.219 e. The molecule has 0 bridgehead atoms. The highest BCUT2D eigenvalue weighted by molar-refractivity contribution is 7.26. The lowest BCUT2D eigenvalue weighted by Gasteiger charge is -2.00. The van der Waals surface area contributed by atoms with Crippen molar-refractivity contribution in [3.05, 3.63) is 65.4 Å². The molecule has 0 saturated heterocycles. The second kappa shape index (κ2) is 5.80. The third-order valence-electron chi connectivity index (χ3n) is 4.04. The number of aryl methyl sites for hydroxylation is 2. The van der Waals surface area contributed by atoms with Crippen molar-refractivity contribution in [3.8, 4) is 5.75 Å². The summed E-state index contributed by atoms with van der Waals surface area (Å²) in [6.07, 6.45) is 0. The first-order chi connectivity index (χ1) is 11.6. The van der Waals surface area contributed by atoms with Crippen LogP contribution in [0, 0.1) is 13.8 Å². The maximum absolute atomic E-state index is 5.92. The number of nitrogens with zero attached hydrogens (tertiary/aromatic N) is 1. The average Bonchev–Trinajstić information content (AvgIpc) is 2.94. The summed E-state index contributed by atoms with van der Waals surface area (Å²) in [4.78, 5) is 4.62. The molecule has 4 aromatic rings. The minimum absolute atomic E-state index is 0.617. The first-order valence-corrected chi connectivity index (χ1v) is 8.58. The maximum Gasteiger partial charge on any atom is 0.219 e. The van der Waals surface area contributed by atoms with E-state index in [1.54, 1.807) is 18.4 Å². The zero-order valence-corrected chi connectivity index (χ0v) is 14.6. The number of fused-ring (bicyclic) bond motifs is 3. The Bertz CT molecular complexity index is 1100. The predicted octanol–water partition coefficient (Wildman–Crippen LogP) is 5.51. The van der Waals surface area contributed by atoms with E-state index in [9.17, 15) is 0 Å². The molecule has 3 nitrogen and oxygen atoms in total. The average molecular weight is 335 g/mol. The molecule has 0 spiro atoms. The summed E-state index contributed by atoms with van der Waals surface area (Å²) in [5.41, 5.74) is 2.72. The molecule has 0 radical (unpaired) electrons. The Morgan fingerprint density at radius 2 is 1.75 bits per heavy atom. The van der Waals surface area contributed by atoms with Gasteiger partial charge in [0, 0.05) is 21.5 Å². The minimum Gasteiger partial charge on any atom is -0.497 e. The summed E-state index contributed by atoms with van der Waals surface area (Å²) in [5.74, 6) is 1.72. The highest BCUT2D eigenvalue weighted by atomic mass is 32.1. The highest BCUT2D eigenvalue weighted by Gasteiger charge is 2.09. The van der Waals surface area contributed by atoms with Gasteiger partial charge >= 0.3 is 0 Å². The molecule has 4 heteroatoms. The van der Waals surface area contributed by atoms with Gasteiger partial charge in [-0.1, -0.05) is 11.6 Å². The molecular formula is C20H17NO2S. The number of hydrogen-bond acceptors (Lipinski definition) is 4. The summed E-state index contributed by atoms with van der Waals surface area (Å²) >= 11 is 1.76. The van der Waals surface area contributed by atoms with E-state index in [4.69, 9.17) is 9.15 Å². The molecule has 2 heterocycles. The van der Waals surface area contributed by atoms with Crippen LogP contribution in [-0.2, 0) is 0 Å². The summed E-state index contributed by atoms with van der Waals surface area (Å²) < 4.78 is 13.6. The molecule has 2 aromatic carbocycles. The van der Waals surface area contributed by atoms with Gasteiger partial charge in [0.05, 0.1) is 17.5 Å². The molecule has 0 atom stereocenters. The van der Waals surface area contributed by atoms with Crippen molar-refractivity contribution >= 4 is 37.2 Å². The van der Waals surface area contributed by atoms with Crippen LogP contribution in [0.25, 0.3) is 20.2 Å². The number of methoxy groups -OCH3 is 1. The molecule has 0 amide bonds. The van der Waals surface area contributed by atoms with Crippen molar-refractivity contribution in [2.45, 2.75) is 13.8 Å². The standard InChI is InChI=1S/C20H17NO2S/c1-12-4-9-18-16(10-12)17-11-19(23-13(2)20(17)24-18)21-14-5-7-15(22-3)8-6-14/h4-11H,1-3H3. The summed E-state index contributed by atoms with van der Waals surface area (Å²) in [5, 5.41) is 2.47. The molecule has 0 aliphatic heterocycles. The Kier molecular flexibility index (Phi) is 3.62. The highest BCUT2D eigenvalue weighted by Crippen LogP contribution is 2.35. The normalized spacial score (nSPS) is 12.2. The Hall–Kier alpha value is -2.59. The van der Waals surface area contributed by atoms with Gasteiger partial charge in [-0.25, -0.2) is 4.99 Å². The van der Waals surface area contributed by atoms with E-state index in [2.05, 4.69) is 30.1 Å². The Balaban J connectivity index is 1.93. The van der Waals surface area contributed by atoms with Crippen molar-refractivity contribution in [2.75, 3.05) is 7.11 Å². The molecule has 0 saturated carbocycles. The van der Waals surface area contributed by atoms with Gasteiger partial charge in [-0.15, -0.1) is 11.3 Å². The lowest BCUT2D eigenvalue weighted by atomic mass is 10.1. The van der Waals surface area contributed by atoms with E-state index in [-0.39, 0.29) is 0 Å². The van der Waals surface area contributed by atoms with E-state index in [0.29, 0.717) is 5.55 Å². The fourth-order valence-electron chi connectivity index (χ4n) is 2.83. The van der Waals surface area contributed by atoms with Crippen molar-refractivity contribution in [3.63, 3.8) is 0 Å². The molecule has 0 aliphatic rings. The maximum atomic E-state index is 5.92. The molecular weight excluding hydrogens is 318 g/mol. The topological polar surface area (TPSA) is 34.7 Å². The fourth-order valence-corrected chi connectivity index (χ4v) is 3.93. The van der Waals surface area contributed by atoms with Crippen LogP contribution >= 0.6 is 11.3 Å². The third-order valence-corrected chi connectivity index (χ3v) is 5.33. The predicted molar refractivity (Wildman–Crippen MR) is 99.3 cm³/mol. The molecule has 0 N–H and O–H groups in total. The Morgan fingerprint density at radius 1 is 0.958 bits per heavy atom. The second-order valence-electron chi connectivity index (χ2n) is 5.80. The van der Waals surface area contributed by atoms with Crippen LogP contribution in [-0.4, -0.2) is 7.11 Å². The zero-order chi connectivity index (χ0) is 16.7. The van der Waals surface area contributed by atoms with Crippen LogP contribution in [0.4, 0.5) is 5.69 Å². The van der Waals surface area contributed by atoms with Gasteiger partial charge in [0.2, 0.25) is 5.55 Å². The molecule has 4 rings (SSSR count). The first-order valence-electron chi connectivity index (χ1n) is 7.76. The van der Waals surface area contributed by atoms with Crippen LogP contribution in [0.3, 0.4) is 0 Å². The number of thiophene rings is 1. The molecule has 0 aliphatic carbocycles. The van der Waals surface area contributed by atoms with E-state index in [1.165, 1.54) is 25.7 Å². The number of rotatable bonds is 2.